The van der Waals surface area contributed by atoms with E-state index >= 15 is 0 Å². The Hall–Kier alpha value is -2.12. The first-order valence-electron chi connectivity index (χ1n) is 11.9. The molecule has 7 heteroatoms. The Bertz CT molecular complexity index is 981. The van der Waals surface area contributed by atoms with E-state index in [9.17, 15) is 4.79 Å². The summed E-state index contributed by atoms with van der Waals surface area (Å²) >= 11 is 1.95. The molecular formula is C26H38N4O2S. The van der Waals surface area contributed by atoms with Crippen LogP contribution in [0, 0.1) is 17.3 Å². The normalized spacial score (nSPS) is 21.6. The number of aromatic nitrogens is 1. The highest BCUT2D eigenvalue weighted by Crippen LogP contribution is 2.38. The van der Waals surface area contributed by atoms with E-state index in [1.54, 1.807) is 0 Å². The average Bonchev–Trinajstić information content (AvgIpc) is 3.19. The number of ether oxygens (including phenoxy) is 1. The molecule has 0 spiro atoms. The summed E-state index contributed by atoms with van der Waals surface area (Å²) in [5, 5.41) is 0. The molecule has 1 saturated heterocycles. The van der Waals surface area contributed by atoms with Crippen molar-refractivity contribution in [3.05, 3.63) is 39.7 Å². The van der Waals surface area contributed by atoms with Crippen molar-refractivity contribution >= 4 is 28.8 Å². The minimum Gasteiger partial charge on any atom is -0.469 e. The summed E-state index contributed by atoms with van der Waals surface area (Å²) in [6.45, 7) is 11.5. The second-order valence-corrected chi connectivity index (χ2v) is 12.0. The van der Waals surface area contributed by atoms with Gasteiger partial charge in [0.25, 0.3) is 0 Å². The lowest BCUT2D eigenvalue weighted by Gasteiger charge is -2.42. The fourth-order valence-electron chi connectivity index (χ4n) is 5.03. The lowest BCUT2D eigenvalue weighted by Crippen LogP contribution is -2.46. The van der Waals surface area contributed by atoms with Crippen LogP contribution in [0.3, 0.4) is 0 Å². The number of methoxy groups -OCH3 is 1. The van der Waals surface area contributed by atoms with Gasteiger partial charge in [0.1, 0.15) is 5.82 Å². The van der Waals surface area contributed by atoms with Crippen molar-refractivity contribution in [2.45, 2.75) is 46.7 Å². The van der Waals surface area contributed by atoms with Crippen LogP contribution in [0.5, 0.6) is 0 Å². The topological polar surface area (TPSA) is 48.9 Å². The molecule has 0 aliphatic carbocycles. The average molecular weight is 471 g/mol. The van der Waals surface area contributed by atoms with Gasteiger partial charge in [0, 0.05) is 74.5 Å². The predicted octanol–water partition coefficient (Wildman–Crippen LogP) is 4.43. The van der Waals surface area contributed by atoms with Crippen molar-refractivity contribution in [3.63, 3.8) is 0 Å². The van der Waals surface area contributed by atoms with Crippen LogP contribution in [0.15, 0.2) is 24.4 Å². The number of likely N-dealkylation sites (tertiary alicyclic amines) is 1. The molecule has 2 aromatic heterocycles. The fourth-order valence-corrected chi connectivity index (χ4v) is 6.24. The Morgan fingerprint density at radius 1 is 1.27 bits per heavy atom. The molecule has 0 N–H and O–H groups in total. The van der Waals surface area contributed by atoms with E-state index in [-0.39, 0.29) is 17.3 Å². The molecule has 33 heavy (non-hydrogen) atoms. The van der Waals surface area contributed by atoms with Gasteiger partial charge in [0.15, 0.2) is 0 Å². The van der Waals surface area contributed by atoms with Gasteiger partial charge >= 0.3 is 5.97 Å². The van der Waals surface area contributed by atoms with Gasteiger partial charge in [0.2, 0.25) is 0 Å². The molecule has 6 nitrogen and oxygen atoms in total. The summed E-state index contributed by atoms with van der Waals surface area (Å²) in [7, 11) is 5.64. The van der Waals surface area contributed by atoms with E-state index in [1.807, 2.05) is 23.6 Å². The smallest absolute Gasteiger partial charge is 0.309 e. The van der Waals surface area contributed by atoms with Gasteiger partial charge < -0.3 is 14.5 Å². The number of anilines is 2. The van der Waals surface area contributed by atoms with Crippen LogP contribution in [0.1, 0.15) is 42.5 Å². The van der Waals surface area contributed by atoms with Crippen LogP contribution in [0.25, 0.3) is 0 Å². The quantitative estimate of drug-likeness (QED) is 0.603. The number of nitrogens with zero attached hydrogens (tertiary/aromatic N) is 4. The second kappa shape index (κ2) is 9.63. The third kappa shape index (κ3) is 5.52. The summed E-state index contributed by atoms with van der Waals surface area (Å²) < 4.78 is 5.12. The fraction of sp³-hybridized carbons (Fsp3) is 0.615. The molecule has 2 aromatic rings. The number of pyridine rings is 1. The molecule has 0 saturated carbocycles. The molecule has 0 aromatic carbocycles. The van der Waals surface area contributed by atoms with Gasteiger partial charge in [0.05, 0.1) is 13.0 Å². The van der Waals surface area contributed by atoms with Crippen molar-refractivity contribution < 1.29 is 9.53 Å². The minimum absolute atomic E-state index is 0.0342. The molecule has 4 heterocycles. The number of thiophene rings is 1. The summed E-state index contributed by atoms with van der Waals surface area (Å²) in [6.07, 6.45) is 3.88. The number of fused-ring (bicyclic) bond motifs is 1. The van der Waals surface area contributed by atoms with Crippen LogP contribution >= 0.6 is 11.3 Å². The monoisotopic (exact) mass is 470 g/mol. The summed E-state index contributed by atoms with van der Waals surface area (Å²) in [5.74, 6) is 1.43. The van der Waals surface area contributed by atoms with Crippen LogP contribution in [-0.4, -0.2) is 56.7 Å². The maximum Gasteiger partial charge on any atom is 0.309 e. The largest absolute Gasteiger partial charge is 0.469 e. The molecule has 2 aliphatic heterocycles. The first-order valence-corrected chi connectivity index (χ1v) is 12.7. The number of esters is 1. The Morgan fingerprint density at radius 2 is 2.06 bits per heavy atom. The van der Waals surface area contributed by atoms with E-state index in [0.717, 1.165) is 51.4 Å². The second-order valence-electron chi connectivity index (χ2n) is 10.8. The zero-order chi connectivity index (χ0) is 23.8. The molecule has 2 aliphatic rings. The molecule has 180 valence electrons. The van der Waals surface area contributed by atoms with Gasteiger partial charge in [-0.25, -0.2) is 4.98 Å². The van der Waals surface area contributed by atoms with Gasteiger partial charge in [-0.1, -0.05) is 20.8 Å². The van der Waals surface area contributed by atoms with Crippen LogP contribution < -0.4 is 9.80 Å². The van der Waals surface area contributed by atoms with Crippen molar-refractivity contribution in [2.24, 2.45) is 17.3 Å². The van der Waals surface area contributed by atoms with Gasteiger partial charge in [-0.2, -0.15) is 0 Å². The molecule has 0 bridgehead atoms. The molecular weight excluding hydrogens is 432 g/mol. The van der Waals surface area contributed by atoms with E-state index in [4.69, 9.17) is 4.74 Å². The van der Waals surface area contributed by atoms with Gasteiger partial charge in [-0.15, -0.1) is 11.3 Å². The standard InChI is InChI=1S/C26H38N4O2S/c1-26(2,3)20-11-19(25(31)32-6)14-29(16-20)17-22-12-18-15-30(10-8-23(18)33-22)24-13-21(28(4)5)7-9-27-24/h7,9,12-13,19-20H,8,10-11,14-17H2,1-6H3/t19-,20-/m1/s1. The van der Waals surface area contributed by atoms with Gasteiger partial charge in [-0.05, 0) is 41.9 Å². The molecule has 2 atom stereocenters. The summed E-state index contributed by atoms with van der Waals surface area (Å²) in [4.78, 5) is 26.9. The highest BCUT2D eigenvalue weighted by molar-refractivity contribution is 7.12. The number of rotatable bonds is 5. The highest BCUT2D eigenvalue weighted by atomic mass is 32.1. The summed E-state index contributed by atoms with van der Waals surface area (Å²) in [5.41, 5.74) is 2.77. The summed E-state index contributed by atoms with van der Waals surface area (Å²) in [6, 6.07) is 6.61. The Morgan fingerprint density at radius 3 is 2.76 bits per heavy atom. The number of hydrogen-bond donors (Lipinski definition) is 0. The molecule has 0 unspecified atom stereocenters. The van der Waals surface area contributed by atoms with E-state index in [1.165, 1.54) is 28.1 Å². The highest BCUT2D eigenvalue weighted by Gasteiger charge is 2.37. The lowest BCUT2D eigenvalue weighted by molar-refractivity contribution is -0.149. The van der Waals surface area contributed by atoms with E-state index in [2.05, 4.69) is 66.7 Å². The molecule has 0 radical (unpaired) electrons. The SMILES string of the molecule is COC(=O)[C@@H]1C[C@@H](C(C)(C)C)CN(Cc2cc3c(s2)CCN(c2cc(N(C)C)ccn2)C3)C1. The maximum atomic E-state index is 12.4. The van der Waals surface area contributed by atoms with Gasteiger partial charge in [-0.3, -0.25) is 9.69 Å². The first kappa shape index (κ1) is 24.0. The third-order valence-corrected chi connectivity index (χ3v) is 8.37. The predicted molar refractivity (Wildman–Crippen MR) is 136 cm³/mol. The van der Waals surface area contributed by atoms with Crippen molar-refractivity contribution in [3.8, 4) is 0 Å². The minimum atomic E-state index is -0.0671. The zero-order valence-electron chi connectivity index (χ0n) is 20.9. The maximum absolute atomic E-state index is 12.4. The number of hydrogen-bond acceptors (Lipinski definition) is 7. The Balaban J connectivity index is 1.47. The van der Waals surface area contributed by atoms with Crippen molar-refractivity contribution in [2.75, 3.05) is 50.6 Å². The zero-order valence-corrected chi connectivity index (χ0v) is 21.7. The van der Waals surface area contributed by atoms with Crippen molar-refractivity contribution in [1.29, 1.82) is 0 Å². The number of carbonyl (C=O) groups is 1. The van der Waals surface area contributed by atoms with E-state index < -0.39 is 0 Å². The molecule has 0 amide bonds. The lowest BCUT2D eigenvalue weighted by atomic mass is 9.73. The Labute approximate surface area is 202 Å². The van der Waals surface area contributed by atoms with Crippen LogP contribution in [0.4, 0.5) is 11.5 Å². The number of carbonyl (C=O) groups excluding carboxylic acids is 1. The number of piperidine rings is 1. The van der Waals surface area contributed by atoms with Crippen LogP contribution in [0.2, 0.25) is 0 Å². The molecule has 4 rings (SSSR count). The molecule has 1 fully saturated rings. The van der Waals surface area contributed by atoms with Crippen LogP contribution in [-0.2, 0) is 29.0 Å². The Kier molecular flexibility index (Phi) is 7.01. The third-order valence-electron chi connectivity index (χ3n) is 7.15. The van der Waals surface area contributed by atoms with Crippen molar-refractivity contribution in [1.82, 2.24) is 9.88 Å². The van der Waals surface area contributed by atoms with E-state index in [0.29, 0.717) is 5.92 Å². The first-order chi connectivity index (χ1) is 15.6.